The van der Waals surface area contributed by atoms with Crippen LogP contribution in [0.4, 0.5) is 10.8 Å². The number of carbonyl (C=O) groups is 2. The summed E-state index contributed by atoms with van der Waals surface area (Å²) in [6.07, 6.45) is 1.09. The Kier molecular flexibility index (Phi) is 5.77. The molecule has 11 heteroatoms. The molecule has 0 aliphatic rings. The van der Waals surface area contributed by atoms with Crippen LogP contribution in [0.5, 0.6) is 0 Å². The van der Waals surface area contributed by atoms with E-state index in [4.69, 9.17) is 0 Å². The molecule has 0 unspecified atom stereocenters. The third-order valence-corrected chi connectivity index (χ3v) is 4.26. The highest BCUT2D eigenvalue weighted by Crippen LogP contribution is 2.25. The largest absolute Gasteiger partial charge is 0.329 e. The standard InChI is InChI=1S/C17H12N6O4S/c24-14(19-17-22-21-16(28-17)11-6-2-1-3-7-11)15(25)20-18-10-12-8-4-5-9-13(12)23(26)27/h1-10H,(H,20,25)(H,19,22,24). The molecule has 0 spiro atoms. The van der Waals surface area contributed by atoms with Crippen LogP contribution in [-0.2, 0) is 9.59 Å². The first kappa shape index (κ1) is 18.8. The van der Waals surface area contributed by atoms with Crippen LogP contribution in [-0.4, -0.2) is 33.1 Å². The maximum absolute atomic E-state index is 11.9. The Labute approximate surface area is 162 Å². The minimum atomic E-state index is -1.05. The van der Waals surface area contributed by atoms with Gasteiger partial charge in [0.1, 0.15) is 5.01 Å². The molecule has 0 saturated heterocycles. The fourth-order valence-electron chi connectivity index (χ4n) is 2.10. The number of nitrogens with zero attached hydrogens (tertiary/aromatic N) is 4. The fourth-order valence-corrected chi connectivity index (χ4v) is 2.84. The van der Waals surface area contributed by atoms with Crippen LogP contribution in [0.25, 0.3) is 10.6 Å². The number of rotatable bonds is 5. The van der Waals surface area contributed by atoms with Gasteiger partial charge in [-0.1, -0.05) is 53.8 Å². The van der Waals surface area contributed by atoms with E-state index in [0.717, 1.165) is 23.1 Å². The molecule has 1 aromatic heterocycles. The second-order valence-electron chi connectivity index (χ2n) is 5.25. The Balaban J connectivity index is 1.59. The number of aromatic nitrogens is 2. The summed E-state index contributed by atoms with van der Waals surface area (Å²) in [6.45, 7) is 0. The first-order valence-electron chi connectivity index (χ1n) is 7.81. The second kappa shape index (κ2) is 8.60. The Bertz CT molecular complexity index is 1050. The van der Waals surface area contributed by atoms with Gasteiger partial charge >= 0.3 is 11.8 Å². The molecule has 3 rings (SSSR count). The minimum Gasteiger partial charge on any atom is -0.292 e. The third kappa shape index (κ3) is 4.59. The average molecular weight is 396 g/mol. The van der Waals surface area contributed by atoms with E-state index in [2.05, 4.69) is 20.6 Å². The number of para-hydroxylation sites is 1. The normalized spacial score (nSPS) is 10.6. The highest BCUT2D eigenvalue weighted by atomic mass is 32.1. The molecular formula is C17H12N6O4S. The number of anilines is 1. The van der Waals surface area contributed by atoms with E-state index in [1.54, 1.807) is 6.07 Å². The summed E-state index contributed by atoms with van der Waals surface area (Å²) >= 11 is 1.11. The Morgan fingerprint density at radius 2 is 1.75 bits per heavy atom. The lowest BCUT2D eigenvalue weighted by Gasteiger charge is -1.99. The molecule has 10 nitrogen and oxygen atoms in total. The molecule has 0 saturated carbocycles. The molecule has 3 aromatic rings. The lowest BCUT2D eigenvalue weighted by Crippen LogP contribution is -2.32. The Morgan fingerprint density at radius 3 is 2.50 bits per heavy atom. The lowest BCUT2D eigenvalue weighted by atomic mass is 10.2. The number of carbonyl (C=O) groups excluding carboxylic acids is 2. The van der Waals surface area contributed by atoms with Crippen LogP contribution >= 0.6 is 11.3 Å². The number of nitro groups is 1. The summed E-state index contributed by atoms with van der Waals surface area (Å²) in [4.78, 5) is 34.1. The van der Waals surface area contributed by atoms with Crippen molar-refractivity contribution in [2.45, 2.75) is 0 Å². The van der Waals surface area contributed by atoms with E-state index in [1.165, 1.54) is 18.2 Å². The summed E-state index contributed by atoms with van der Waals surface area (Å²) in [6, 6.07) is 15.1. The number of nitrogens with one attached hydrogen (secondary N) is 2. The van der Waals surface area contributed by atoms with Crippen molar-refractivity contribution in [2.75, 3.05) is 5.32 Å². The maximum atomic E-state index is 11.9. The van der Waals surface area contributed by atoms with E-state index in [9.17, 15) is 19.7 Å². The van der Waals surface area contributed by atoms with Crippen LogP contribution in [0.2, 0.25) is 0 Å². The quantitative estimate of drug-likeness (QED) is 0.293. The van der Waals surface area contributed by atoms with Crippen molar-refractivity contribution < 1.29 is 14.5 Å². The number of hydrazone groups is 1. The Morgan fingerprint density at radius 1 is 1.04 bits per heavy atom. The van der Waals surface area contributed by atoms with Gasteiger partial charge in [0.2, 0.25) is 5.13 Å². The molecule has 28 heavy (non-hydrogen) atoms. The van der Waals surface area contributed by atoms with Gasteiger partial charge in [-0.05, 0) is 6.07 Å². The average Bonchev–Trinajstić information content (AvgIpc) is 3.17. The molecule has 0 atom stereocenters. The molecule has 2 N–H and O–H groups in total. The SMILES string of the molecule is O=C(NN=Cc1ccccc1[N+](=O)[O-])C(=O)Nc1nnc(-c2ccccc2)s1. The maximum Gasteiger partial charge on any atom is 0.329 e. The summed E-state index contributed by atoms with van der Waals surface area (Å²) in [7, 11) is 0. The van der Waals surface area contributed by atoms with Gasteiger partial charge in [0.15, 0.2) is 0 Å². The molecule has 2 amide bonds. The number of amides is 2. The van der Waals surface area contributed by atoms with Gasteiger partial charge in [0, 0.05) is 11.6 Å². The molecule has 0 fully saturated rings. The van der Waals surface area contributed by atoms with Gasteiger partial charge in [-0.3, -0.25) is 25.0 Å². The van der Waals surface area contributed by atoms with Gasteiger partial charge in [-0.2, -0.15) is 5.10 Å². The van der Waals surface area contributed by atoms with Gasteiger partial charge in [-0.15, -0.1) is 10.2 Å². The first-order chi connectivity index (χ1) is 13.5. The number of benzene rings is 2. The highest BCUT2D eigenvalue weighted by Gasteiger charge is 2.16. The van der Waals surface area contributed by atoms with Gasteiger partial charge in [0.05, 0.1) is 16.7 Å². The Hall–Kier alpha value is -3.99. The number of hydrogen-bond donors (Lipinski definition) is 2. The van der Waals surface area contributed by atoms with Gasteiger partial charge in [-0.25, -0.2) is 5.43 Å². The van der Waals surface area contributed by atoms with Crippen molar-refractivity contribution >= 4 is 40.2 Å². The zero-order valence-corrected chi connectivity index (χ0v) is 14.9. The van der Waals surface area contributed by atoms with E-state index in [0.29, 0.717) is 5.01 Å². The predicted molar refractivity (Wildman–Crippen MR) is 103 cm³/mol. The van der Waals surface area contributed by atoms with Crippen molar-refractivity contribution in [1.82, 2.24) is 15.6 Å². The van der Waals surface area contributed by atoms with Crippen LogP contribution in [0.3, 0.4) is 0 Å². The molecule has 1 heterocycles. The fraction of sp³-hybridized carbons (Fsp3) is 0. The van der Waals surface area contributed by atoms with Gasteiger partial charge < -0.3 is 0 Å². The molecular weight excluding hydrogens is 384 g/mol. The highest BCUT2D eigenvalue weighted by molar-refractivity contribution is 7.18. The van der Waals surface area contributed by atoms with Crippen molar-refractivity contribution in [1.29, 1.82) is 0 Å². The van der Waals surface area contributed by atoms with E-state index < -0.39 is 16.7 Å². The third-order valence-electron chi connectivity index (χ3n) is 3.38. The zero-order valence-electron chi connectivity index (χ0n) is 14.1. The zero-order chi connectivity index (χ0) is 19.9. The summed E-state index contributed by atoms with van der Waals surface area (Å²) in [5.41, 5.74) is 2.85. The number of nitro benzene ring substituents is 1. The lowest BCUT2D eigenvalue weighted by molar-refractivity contribution is -0.385. The monoisotopic (exact) mass is 396 g/mol. The van der Waals surface area contributed by atoms with E-state index in [-0.39, 0.29) is 16.4 Å². The molecule has 140 valence electrons. The topological polar surface area (TPSA) is 139 Å². The molecule has 0 radical (unpaired) electrons. The first-order valence-corrected chi connectivity index (χ1v) is 8.63. The summed E-state index contributed by atoms with van der Waals surface area (Å²) in [5.74, 6) is -2.04. The number of hydrogen-bond acceptors (Lipinski definition) is 8. The minimum absolute atomic E-state index is 0.154. The molecule has 0 aliphatic carbocycles. The van der Waals surface area contributed by atoms with Crippen molar-refractivity contribution in [3.63, 3.8) is 0 Å². The molecule has 2 aromatic carbocycles. The molecule has 0 aliphatic heterocycles. The van der Waals surface area contributed by atoms with Crippen LogP contribution in [0.1, 0.15) is 5.56 Å². The smallest absolute Gasteiger partial charge is 0.292 e. The van der Waals surface area contributed by atoms with Crippen molar-refractivity contribution in [2.24, 2.45) is 5.10 Å². The summed E-state index contributed by atoms with van der Waals surface area (Å²) in [5, 5.41) is 25.3. The van der Waals surface area contributed by atoms with Crippen molar-refractivity contribution in [3.8, 4) is 10.6 Å². The van der Waals surface area contributed by atoms with Crippen LogP contribution < -0.4 is 10.7 Å². The van der Waals surface area contributed by atoms with Crippen LogP contribution in [0.15, 0.2) is 59.7 Å². The van der Waals surface area contributed by atoms with Crippen LogP contribution in [0, 0.1) is 10.1 Å². The second-order valence-corrected chi connectivity index (χ2v) is 6.23. The predicted octanol–water partition coefficient (Wildman–Crippen LogP) is 2.20. The molecule has 0 bridgehead atoms. The van der Waals surface area contributed by atoms with E-state index >= 15 is 0 Å². The van der Waals surface area contributed by atoms with Crippen molar-refractivity contribution in [3.05, 3.63) is 70.3 Å². The summed E-state index contributed by atoms with van der Waals surface area (Å²) < 4.78 is 0. The van der Waals surface area contributed by atoms with E-state index in [1.807, 2.05) is 35.8 Å². The van der Waals surface area contributed by atoms with Gasteiger partial charge in [0.25, 0.3) is 5.69 Å².